The highest BCUT2D eigenvalue weighted by Gasteiger charge is 2.38. The molecule has 0 aromatic heterocycles. The average Bonchev–Trinajstić information content (AvgIpc) is 2.35. The summed E-state index contributed by atoms with van der Waals surface area (Å²) in [5.41, 5.74) is -1.97. The molecule has 0 bridgehead atoms. The van der Waals surface area contributed by atoms with Gasteiger partial charge in [0.25, 0.3) is 5.69 Å². The number of nitrogens with one attached hydrogen (secondary N) is 1. The normalized spacial score (nSPS) is 12.3. The number of hydrogen-bond acceptors (Lipinski definition) is 4. The first-order valence-corrected chi connectivity index (χ1v) is 6.94. The summed E-state index contributed by atoms with van der Waals surface area (Å²) in [6, 6.07) is 2.93. The van der Waals surface area contributed by atoms with E-state index in [0.717, 1.165) is 12.1 Å². The molecule has 0 saturated carbocycles. The van der Waals surface area contributed by atoms with Gasteiger partial charge in [0.05, 0.1) is 4.92 Å². The summed E-state index contributed by atoms with van der Waals surface area (Å²) < 4.78 is 38.2. The standard InChI is InChI=1S/C12H15F3N2O2S/c1-11(2,20-3)7-16-8-4-5-10(17(18)19)9(6-8)12(13,14)15/h4-6,16H,7H2,1-3H3. The lowest BCUT2D eigenvalue weighted by molar-refractivity contribution is -0.388. The minimum atomic E-state index is -4.75. The molecule has 8 heteroatoms. The zero-order chi connectivity index (χ0) is 15.6. The summed E-state index contributed by atoms with van der Waals surface area (Å²) in [5.74, 6) is 0. The molecule has 0 saturated heterocycles. The molecular weight excluding hydrogens is 293 g/mol. The molecule has 0 radical (unpaired) electrons. The summed E-state index contributed by atoms with van der Waals surface area (Å²) in [7, 11) is 0. The molecule has 1 rings (SSSR count). The number of nitro groups is 1. The Balaban J connectivity index is 3.05. The number of halogens is 3. The fourth-order valence-electron chi connectivity index (χ4n) is 1.42. The molecule has 1 aromatic rings. The molecule has 1 aromatic carbocycles. The number of anilines is 1. The van der Waals surface area contributed by atoms with E-state index in [-0.39, 0.29) is 10.4 Å². The van der Waals surface area contributed by atoms with Crippen LogP contribution in [0.1, 0.15) is 19.4 Å². The second-order valence-electron chi connectivity index (χ2n) is 4.80. The minimum Gasteiger partial charge on any atom is -0.384 e. The van der Waals surface area contributed by atoms with Gasteiger partial charge in [0.1, 0.15) is 5.56 Å². The third-order valence-corrected chi connectivity index (χ3v) is 4.02. The van der Waals surface area contributed by atoms with Gasteiger partial charge < -0.3 is 5.32 Å². The molecule has 0 aliphatic rings. The van der Waals surface area contributed by atoms with Crippen molar-refractivity contribution in [2.24, 2.45) is 0 Å². The van der Waals surface area contributed by atoms with E-state index in [9.17, 15) is 23.3 Å². The van der Waals surface area contributed by atoms with Crippen molar-refractivity contribution in [2.75, 3.05) is 18.1 Å². The molecule has 0 aliphatic carbocycles. The number of alkyl halides is 3. The van der Waals surface area contributed by atoms with Crippen LogP contribution < -0.4 is 5.32 Å². The van der Waals surface area contributed by atoms with Crippen LogP contribution in [0.2, 0.25) is 0 Å². The highest BCUT2D eigenvalue weighted by molar-refractivity contribution is 7.99. The lowest BCUT2D eigenvalue weighted by Crippen LogP contribution is -2.26. The van der Waals surface area contributed by atoms with E-state index in [0.29, 0.717) is 6.54 Å². The van der Waals surface area contributed by atoms with Crippen molar-refractivity contribution >= 4 is 23.1 Å². The van der Waals surface area contributed by atoms with Gasteiger partial charge in [0.2, 0.25) is 0 Å². The summed E-state index contributed by atoms with van der Waals surface area (Å²) in [5, 5.41) is 13.5. The van der Waals surface area contributed by atoms with Crippen molar-refractivity contribution in [3.8, 4) is 0 Å². The molecule has 20 heavy (non-hydrogen) atoms. The number of hydrogen-bond donors (Lipinski definition) is 1. The number of benzene rings is 1. The molecular formula is C12H15F3N2O2S. The van der Waals surface area contributed by atoms with Crippen LogP contribution in [0.3, 0.4) is 0 Å². The lowest BCUT2D eigenvalue weighted by Gasteiger charge is -2.23. The van der Waals surface area contributed by atoms with E-state index >= 15 is 0 Å². The molecule has 0 atom stereocenters. The average molecular weight is 308 g/mol. The topological polar surface area (TPSA) is 55.2 Å². The fourth-order valence-corrected chi connectivity index (χ4v) is 1.64. The molecule has 4 nitrogen and oxygen atoms in total. The third kappa shape index (κ3) is 4.29. The van der Waals surface area contributed by atoms with Crippen LogP contribution in [0.4, 0.5) is 24.5 Å². The van der Waals surface area contributed by atoms with Gasteiger partial charge in [-0.1, -0.05) is 0 Å². The monoisotopic (exact) mass is 308 g/mol. The van der Waals surface area contributed by atoms with E-state index in [1.165, 1.54) is 6.07 Å². The molecule has 0 fully saturated rings. The van der Waals surface area contributed by atoms with Crippen molar-refractivity contribution in [3.05, 3.63) is 33.9 Å². The maximum Gasteiger partial charge on any atom is 0.423 e. The van der Waals surface area contributed by atoms with Crippen molar-refractivity contribution in [1.29, 1.82) is 0 Å². The van der Waals surface area contributed by atoms with Crippen LogP contribution in [0, 0.1) is 10.1 Å². The van der Waals surface area contributed by atoms with Gasteiger partial charge in [-0.2, -0.15) is 24.9 Å². The summed E-state index contributed by atoms with van der Waals surface area (Å²) in [6.45, 7) is 4.34. The van der Waals surface area contributed by atoms with E-state index < -0.39 is 22.4 Å². The van der Waals surface area contributed by atoms with Crippen molar-refractivity contribution in [1.82, 2.24) is 0 Å². The molecule has 112 valence electrons. The molecule has 0 spiro atoms. The Morgan fingerprint density at radius 2 is 1.95 bits per heavy atom. The van der Waals surface area contributed by atoms with Crippen molar-refractivity contribution in [3.63, 3.8) is 0 Å². The summed E-state index contributed by atoms with van der Waals surface area (Å²) >= 11 is 1.57. The van der Waals surface area contributed by atoms with E-state index in [1.54, 1.807) is 11.8 Å². The molecule has 0 amide bonds. The Labute approximate surface area is 118 Å². The van der Waals surface area contributed by atoms with Gasteiger partial charge in [-0.25, -0.2) is 0 Å². The Hall–Kier alpha value is -1.44. The number of nitro benzene ring substituents is 1. The van der Waals surface area contributed by atoms with Crippen LogP contribution >= 0.6 is 11.8 Å². The van der Waals surface area contributed by atoms with Crippen LogP contribution in [0.25, 0.3) is 0 Å². The zero-order valence-corrected chi connectivity index (χ0v) is 12.1. The molecule has 1 N–H and O–H groups in total. The van der Waals surface area contributed by atoms with Crippen LogP contribution in [0.5, 0.6) is 0 Å². The second kappa shape index (κ2) is 5.90. The lowest BCUT2D eigenvalue weighted by atomic mass is 10.1. The van der Waals surface area contributed by atoms with Gasteiger partial charge in [-0.3, -0.25) is 10.1 Å². The molecule has 0 heterocycles. The Kier molecular flexibility index (Phi) is 4.90. The highest BCUT2D eigenvalue weighted by atomic mass is 32.2. The minimum absolute atomic E-state index is 0.153. The van der Waals surface area contributed by atoms with E-state index in [1.807, 2.05) is 20.1 Å². The predicted octanol–water partition coefficient (Wildman–Crippen LogP) is 4.17. The maximum absolute atomic E-state index is 12.8. The quantitative estimate of drug-likeness (QED) is 0.655. The molecule has 0 unspecified atom stereocenters. The number of nitrogens with zero attached hydrogens (tertiary/aromatic N) is 1. The second-order valence-corrected chi connectivity index (χ2v) is 6.32. The Bertz CT molecular complexity index is 504. The van der Waals surface area contributed by atoms with E-state index in [4.69, 9.17) is 0 Å². The first-order valence-electron chi connectivity index (χ1n) is 5.71. The largest absolute Gasteiger partial charge is 0.423 e. The fraction of sp³-hybridized carbons (Fsp3) is 0.500. The van der Waals surface area contributed by atoms with Gasteiger partial charge in [0.15, 0.2) is 0 Å². The Morgan fingerprint density at radius 3 is 2.40 bits per heavy atom. The summed E-state index contributed by atoms with van der Waals surface area (Å²) in [4.78, 5) is 9.60. The first kappa shape index (κ1) is 16.6. The summed E-state index contributed by atoms with van der Waals surface area (Å²) in [6.07, 6.45) is -2.85. The van der Waals surface area contributed by atoms with Crippen molar-refractivity contribution < 1.29 is 18.1 Å². The van der Waals surface area contributed by atoms with Crippen LogP contribution in [-0.2, 0) is 6.18 Å². The number of rotatable bonds is 5. The third-order valence-electron chi connectivity index (χ3n) is 2.77. The molecule has 0 aliphatic heterocycles. The van der Waals surface area contributed by atoms with Crippen LogP contribution in [0.15, 0.2) is 18.2 Å². The van der Waals surface area contributed by atoms with Crippen molar-refractivity contribution in [2.45, 2.75) is 24.8 Å². The smallest absolute Gasteiger partial charge is 0.384 e. The highest BCUT2D eigenvalue weighted by Crippen LogP contribution is 2.37. The number of thioether (sulfide) groups is 1. The van der Waals surface area contributed by atoms with Gasteiger partial charge in [-0.15, -0.1) is 0 Å². The first-order chi connectivity index (χ1) is 9.07. The SMILES string of the molecule is CSC(C)(C)CNc1ccc([N+](=O)[O-])c(C(F)(F)F)c1. The van der Waals surface area contributed by atoms with Gasteiger partial charge in [0, 0.05) is 23.0 Å². The van der Waals surface area contributed by atoms with E-state index in [2.05, 4.69) is 5.32 Å². The van der Waals surface area contributed by atoms with Gasteiger partial charge in [-0.05, 0) is 32.2 Å². The van der Waals surface area contributed by atoms with Crippen LogP contribution in [-0.4, -0.2) is 22.5 Å². The van der Waals surface area contributed by atoms with Gasteiger partial charge >= 0.3 is 6.18 Å². The Morgan fingerprint density at radius 1 is 1.35 bits per heavy atom. The zero-order valence-electron chi connectivity index (χ0n) is 11.2. The predicted molar refractivity (Wildman–Crippen MR) is 74.2 cm³/mol. The maximum atomic E-state index is 12.8.